The molecule has 0 saturated carbocycles. The number of rotatable bonds is 14. The number of ketones is 2. The Morgan fingerprint density at radius 2 is 1.09 bits per heavy atom. The number of nitrogens with zero attached hydrogens (tertiary/aromatic N) is 6. The minimum Gasteiger partial charge on any atom is -0.369 e. The number of anilines is 2. The number of halogens is 8. The van der Waals surface area contributed by atoms with Crippen molar-refractivity contribution in [3.8, 4) is 11.6 Å². The Morgan fingerprint density at radius 1 is 0.656 bits per heavy atom. The van der Waals surface area contributed by atoms with Crippen LogP contribution in [0.15, 0.2) is 91.2 Å². The molecule has 4 aromatic heterocycles. The number of Topliss-reactive ketones (excluding diaryl/α,β-unsaturated/α-hetero) is 2. The van der Waals surface area contributed by atoms with Crippen LogP contribution in [0.5, 0.6) is 0 Å². The van der Waals surface area contributed by atoms with Gasteiger partial charge >= 0.3 is 0 Å². The number of nitrogens with one attached hydrogen (secondary N) is 2. The van der Waals surface area contributed by atoms with E-state index < -0.39 is 47.1 Å². The minimum atomic E-state index is -0.795. The average Bonchev–Trinajstić information content (AvgIpc) is 3.82. The summed E-state index contributed by atoms with van der Waals surface area (Å²) in [6.07, 6.45) is 2.62. The van der Waals surface area contributed by atoms with Gasteiger partial charge in [0.1, 0.15) is 26.4 Å². The maximum absolute atomic E-state index is 14.0. The van der Waals surface area contributed by atoms with Gasteiger partial charge in [0, 0.05) is 69.3 Å². The highest BCUT2D eigenvalue weighted by Gasteiger charge is 2.27. The van der Waals surface area contributed by atoms with Crippen LogP contribution >= 0.6 is 98.5 Å². The maximum atomic E-state index is 14.0. The SMILES string of the molecule is CC(CC(=O)c1cc(Br)cc(Br)c1NC(=O)c1cc(Br)nn1-c1ncccc1Cl)C(N)=O.CC(CC(=O)c1cc(F)cc(Cl)c1NC(=O)c1cc(Br)nn1-c1ncccc1Cl)C(N)=O. The number of carbonyl (C=O) groups is 6. The Morgan fingerprint density at radius 3 is 1.53 bits per heavy atom. The molecule has 2 atom stereocenters. The molecular formula is C40H30Br4Cl3FN10O6. The van der Waals surface area contributed by atoms with Crippen LogP contribution in [0.25, 0.3) is 11.6 Å². The second-order valence-corrected chi connectivity index (χ2v) is 18.2. The molecule has 0 fully saturated rings. The average molecular weight is 1190 g/mol. The van der Waals surface area contributed by atoms with Gasteiger partial charge in [-0.05, 0) is 96.3 Å². The molecular weight excluding hydrogens is 1160 g/mol. The predicted octanol–water partition coefficient (Wildman–Crippen LogP) is 9.58. The van der Waals surface area contributed by atoms with Crippen molar-refractivity contribution in [2.24, 2.45) is 23.3 Å². The molecule has 0 aliphatic carbocycles. The number of primary amides is 2. The molecule has 6 rings (SSSR count). The van der Waals surface area contributed by atoms with Crippen molar-refractivity contribution in [2.75, 3.05) is 10.6 Å². The van der Waals surface area contributed by atoms with Gasteiger partial charge in [0.15, 0.2) is 23.2 Å². The van der Waals surface area contributed by atoms with E-state index in [4.69, 9.17) is 46.3 Å². The summed E-state index contributed by atoms with van der Waals surface area (Å²) < 4.78 is 18.3. The Balaban J connectivity index is 0.000000241. The second-order valence-electron chi connectivity index (χ2n) is 13.5. The van der Waals surface area contributed by atoms with Gasteiger partial charge in [-0.25, -0.2) is 23.7 Å². The number of aromatic nitrogens is 6. The lowest BCUT2D eigenvalue weighted by Gasteiger charge is -2.15. The van der Waals surface area contributed by atoms with Crippen molar-refractivity contribution in [1.82, 2.24) is 29.5 Å². The Kier molecular flexibility index (Phi) is 17.1. The third kappa shape index (κ3) is 12.3. The van der Waals surface area contributed by atoms with Gasteiger partial charge in [0.05, 0.1) is 26.4 Å². The molecule has 332 valence electrons. The van der Waals surface area contributed by atoms with E-state index in [1.54, 1.807) is 43.3 Å². The van der Waals surface area contributed by atoms with Gasteiger partial charge in [0.25, 0.3) is 11.8 Å². The number of nitrogens with two attached hydrogens (primary N) is 2. The molecule has 16 nitrogen and oxygen atoms in total. The van der Waals surface area contributed by atoms with Crippen molar-refractivity contribution in [3.05, 3.63) is 135 Å². The highest BCUT2D eigenvalue weighted by atomic mass is 79.9. The first-order valence-corrected chi connectivity index (χ1v) is 22.5. The van der Waals surface area contributed by atoms with Gasteiger partial charge in [-0.2, -0.15) is 10.2 Å². The Labute approximate surface area is 411 Å². The van der Waals surface area contributed by atoms with Gasteiger partial charge < -0.3 is 22.1 Å². The summed E-state index contributed by atoms with van der Waals surface area (Å²) in [6.45, 7) is 3.03. The molecule has 4 amide bonds. The molecule has 2 aromatic carbocycles. The molecule has 0 bridgehead atoms. The van der Waals surface area contributed by atoms with Gasteiger partial charge in [-0.1, -0.05) is 64.6 Å². The third-order valence-corrected chi connectivity index (χ3v) is 11.6. The van der Waals surface area contributed by atoms with Crippen LogP contribution in [0.1, 0.15) is 68.4 Å². The van der Waals surface area contributed by atoms with E-state index in [0.29, 0.717) is 23.2 Å². The van der Waals surface area contributed by atoms with E-state index in [9.17, 15) is 33.2 Å². The second kappa shape index (κ2) is 21.9. The van der Waals surface area contributed by atoms with Crippen LogP contribution in [-0.4, -0.2) is 64.7 Å². The van der Waals surface area contributed by atoms with E-state index in [1.807, 2.05) is 0 Å². The predicted molar refractivity (Wildman–Crippen MR) is 252 cm³/mol. The number of hydrogen-bond acceptors (Lipinski definition) is 10. The van der Waals surface area contributed by atoms with Gasteiger partial charge in [-0.3, -0.25) is 28.8 Å². The summed E-state index contributed by atoms with van der Waals surface area (Å²) in [4.78, 5) is 82.9. The molecule has 6 N–H and O–H groups in total. The fraction of sp³-hybridized carbons (Fsp3) is 0.150. The lowest BCUT2D eigenvalue weighted by Crippen LogP contribution is -2.24. The molecule has 0 radical (unpaired) electrons. The van der Waals surface area contributed by atoms with E-state index in [2.05, 4.69) is 94.5 Å². The highest BCUT2D eigenvalue weighted by Crippen LogP contribution is 2.34. The van der Waals surface area contributed by atoms with Crippen LogP contribution < -0.4 is 22.1 Å². The minimum absolute atomic E-state index is 0.0155. The molecule has 0 aliphatic rings. The zero-order chi connectivity index (χ0) is 47.2. The first-order chi connectivity index (χ1) is 30.2. The van der Waals surface area contributed by atoms with Crippen LogP contribution in [-0.2, 0) is 9.59 Å². The highest BCUT2D eigenvalue weighted by molar-refractivity contribution is 9.11. The van der Waals surface area contributed by atoms with E-state index in [1.165, 1.54) is 40.8 Å². The van der Waals surface area contributed by atoms with Crippen molar-refractivity contribution in [3.63, 3.8) is 0 Å². The van der Waals surface area contributed by atoms with Crippen molar-refractivity contribution < 1.29 is 33.2 Å². The molecule has 0 aliphatic heterocycles. The number of amides is 4. The van der Waals surface area contributed by atoms with E-state index in [-0.39, 0.29) is 74.2 Å². The van der Waals surface area contributed by atoms with E-state index >= 15 is 0 Å². The fourth-order valence-electron chi connectivity index (χ4n) is 5.59. The summed E-state index contributed by atoms with van der Waals surface area (Å²) in [5.41, 5.74) is 10.8. The fourth-order valence-corrected chi connectivity index (χ4v) is 8.32. The molecule has 2 unspecified atom stereocenters. The number of benzene rings is 2. The Bertz CT molecular complexity index is 2660. The molecule has 64 heavy (non-hydrogen) atoms. The molecule has 24 heteroatoms. The van der Waals surface area contributed by atoms with Crippen LogP contribution in [0.4, 0.5) is 15.8 Å². The van der Waals surface area contributed by atoms with Crippen molar-refractivity contribution in [2.45, 2.75) is 26.7 Å². The van der Waals surface area contributed by atoms with Gasteiger partial charge in [-0.15, -0.1) is 0 Å². The standard InChI is InChI=1S/C20H15Br3ClN5O3.C20H15BrCl2FN5O3/c1-9(18(25)31)5-15(30)11-6-10(21)7-12(22)17(11)27-20(32)14-8-16(23)28-29(14)19-13(24)3-2-4-26-19;1-9(18(25)31)5-15(30)11-6-10(24)7-13(23)17(11)27-20(32)14-8-16(21)28-29(14)19-12(22)3-2-4-26-19/h2*2-4,6-9H,5H2,1H3,(H2,25,31)(H,27,32). The van der Waals surface area contributed by atoms with Crippen LogP contribution in [0.3, 0.4) is 0 Å². The third-order valence-electron chi connectivity index (χ3n) is 8.85. The zero-order valence-corrected chi connectivity index (χ0v) is 41.4. The molecule has 0 saturated heterocycles. The lowest BCUT2D eigenvalue weighted by atomic mass is 9.98. The summed E-state index contributed by atoms with van der Waals surface area (Å²) >= 11 is 31.7. The maximum Gasteiger partial charge on any atom is 0.274 e. The zero-order valence-electron chi connectivity index (χ0n) is 32.8. The largest absolute Gasteiger partial charge is 0.369 e. The van der Waals surface area contributed by atoms with Crippen LogP contribution in [0, 0.1) is 17.7 Å². The topological polar surface area (TPSA) is 240 Å². The summed E-state index contributed by atoms with van der Waals surface area (Å²) in [6, 6.07) is 14.5. The Hall–Kier alpha value is -4.90. The normalized spacial score (nSPS) is 11.8. The molecule has 6 aromatic rings. The number of carbonyl (C=O) groups excluding carboxylic acids is 6. The first-order valence-electron chi connectivity index (χ1n) is 18.1. The van der Waals surface area contributed by atoms with Crippen molar-refractivity contribution in [1.29, 1.82) is 0 Å². The lowest BCUT2D eigenvalue weighted by molar-refractivity contribution is -0.122. The van der Waals surface area contributed by atoms with Gasteiger partial charge in [0.2, 0.25) is 11.8 Å². The molecule has 4 heterocycles. The quantitative estimate of drug-likeness (QED) is 0.0753. The van der Waals surface area contributed by atoms with E-state index in [0.717, 1.165) is 12.1 Å². The summed E-state index contributed by atoms with van der Waals surface area (Å²) in [5.74, 6) is -5.27. The smallest absolute Gasteiger partial charge is 0.274 e. The monoisotopic (exact) mass is 1190 g/mol. The van der Waals surface area contributed by atoms with Crippen LogP contribution in [0.2, 0.25) is 15.1 Å². The molecule has 0 spiro atoms. The number of hydrogen-bond donors (Lipinski definition) is 4. The van der Waals surface area contributed by atoms with Crippen molar-refractivity contribution >= 4 is 145 Å². The summed E-state index contributed by atoms with van der Waals surface area (Å²) in [7, 11) is 0. The number of pyridine rings is 2. The summed E-state index contributed by atoms with van der Waals surface area (Å²) in [5, 5.41) is 14.0. The first kappa shape index (κ1) is 50.1.